The number of ether oxygens (including phenoxy) is 1. The standard InChI is InChI=1S/C23H22Cl2N4O3/c1-15(30)27-9-11-28(12-10-27)23(31)22-14-21(16-3-6-18(32-2)7-4-16)26-29(22)17-5-8-19(24)20(25)13-17/h3-8,13-14H,9-12H2,1-2H3. The van der Waals surface area contributed by atoms with Crippen molar-refractivity contribution in [3.63, 3.8) is 0 Å². The molecular weight excluding hydrogens is 451 g/mol. The smallest absolute Gasteiger partial charge is 0.272 e. The van der Waals surface area contributed by atoms with E-state index in [1.807, 2.05) is 24.3 Å². The fourth-order valence-electron chi connectivity index (χ4n) is 3.64. The number of rotatable bonds is 4. The molecule has 1 saturated heterocycles. The second kappa shape index (κ2) is 9.22. The molecule has 0 bridgehead atoms. The van der Waals surface area contributed by atoms with Crippen LogP contribution in [0.4, 0.5) is 0 Å². The quantitative estimate of drug-likeness (QED) is 0.571. The number of carbonyl (C=O) groups excluding carboxylic acids is 2. The Balaban J connectivity index is 1.72. The van der Waals surface area contributed by atoms with E-state index in [9.17, 15) is 9.59 Å². The normalized spacial score (nSPS) is 13.9. The van der Waals surface area contributed by atoms with Gasteiger partial charge in [0.15, 0.2) is 0 Å². The third-order valence-electron chi connectivity index (χ3n) is 5.47. The topological polar surface area (TPSA) is 67.7 Å². The third-order valence-corrected chi connectivity index (χ3v) is 6.21. The van der Waals surface area contributed by atoms with E-state index in [1.54, 1.807) is 45.9 Å². The first-order chi connectivity index (χ1) is 15.4. The monoisotopic (exact) mass is 472 g/mol. The molecule has 1 aliphatic heterocycles. The number of methoxy groups -OCH3 is 1. The minimum atomic E-state index is -0.161. The lowest BCUT2D eigenvalue weighted by Crippen LogP contribution is -2.50. The Labute approximate surface area is 196 Å². The maximum absolute atomic E-state index is 13.4. The summed E-state index contributed by atoms with van der Waals surface area (Å²) in [6, 6.07) is 14.4. The van der Waals surface area contributed by atoms with Crippen LogP contribution >= 0.6 is 23.2 Å². The van der Waals surface area contributed by atoms with Crippen LogP contribution in [-0.2, 0) is 4.79 Å². The first kappa shape index (κ1) is 22.2. The number of hydrogen-bond acceptors (Lipinski definition) is 4. The van der Waals surface area contributed by atoms with Crippen LogP contribution in [0.2, 0.25) is 10.0 Å². The minimum absolute atomic E-state index is 0.0136. The Morgan fingerprint density at radius 2 is 1.56 bits per heavy atom. The van der Waals surface area contributed by atoms with Gasteiger partial charge >= 0.3 is 0 Å². The summed E-state index contributed by atoms with van der Waals surface area (Å²) in [6.45, 7) is 3.48. The summed E-state index contributed by atoms with van der Waals surface area (Å²) in [4.78, 5) is 28.6. The first-order valence-electron chi connectivity index (χ1n) is 10.1. The molecule has 1 aromatic heterocycles. The molecule has 3 aromatic rings. The molecule has 9 heteroatoms. The van der Waals surface area contributed by atoms with Gasteiger partial charge in [0.2, 0.25) is 5.91 Å². The van der Waals surface area contributed by atoms with Crippen LogP contribution < -0.4 is 4.74 Å². The number of halogens is 2. The average molecular weight is 473 g/mol. The van der Waals surface area contributed by atoms with Gasteiger partial charge in [-0.1, -0.05) is 23.2 Å². The third kappa shape index (κ3) is 4.45. The molecule has 4 rings (SSSR count). The van der Waals surface area contributed by atoms with Crippen LogP contribution in [0.25, 0.3) is 16.9 Å². The highest BCUT2D eigenvalue weighted by atomic mass is 35.5. The molecule has 7 nitrogen and oxygen atoms in total. The summed E-state index contributed by atoms with van der Waals surface area (Å²) < 4.78 is 6.81. The summed E-state index contributed by atoms with van der Waals surface area (Å²) in [7, 11) is 1.61. The Morgan fingerprint density at radius 1 is 0.906 bits per heavy atom. The van der Waals surface area contributed by atoms with Crippen LogP contribution in [-0.4, -0.2) is 64.7 Å². The maximum atomic E-state index is 13.4. The summed E-state index contributed by atoms with van der Waals surface area (Å²) in [5.74, 6) is 0.587. The van der Waals surface area contributed by atoms with Crippen LogP contribution in [0.3, 0.4) is 0 Å². The van der Waals surface area contributed by atoms with E-state index in [0.717, 1.165) is 11.3 Å². The fourth-order valence-corrected chi connectivity index (χ4v) is 3.93. The van der Waals surface area contributed by atoms with E-state index in [0.29, 0.717) is 53.3 Å². The SMILES string of the molecule is COc1ccc(-c2cc(C(=O)N3CCN(C(C)=O)CC3)n(-c3ccc(Cl)c(Cl)c3)n2)cc1. The fraction of sp³-hybridized carbons (Fsp3) is 0.261. The van der Waals surface area contributed by atoms with E-state index in [2.05, 4.69) is 0 Å². The molecule has 2 heterocycles. The van der Waals surface area contributed by atoms with Gasteiger partial charge in [-0.15, -0.1) is 0 Å². The molecule has 0 aliphatic carbocycles. The van der Waals surface area contributed by atoms with E-state index in [1.165, 1.54) is 6.92 Å². The Hall–Kier alpha value is -3.03. The van der Waals surface area contributed by atoms with Crippen molar-refractivity contribution in [2.75, 3.05) is 33.3 Å². The number of aromatic nitrogens is 2. The van der Waals surface area contributed by atoms with Gasteiger partial charge in [0, 0.05) is 38.7 Å². The molecule has 1 fully saturated rings. The van der Waals surface area contributed by atoms with Gasteiger partial charge in [-0.05, 0) is 48.5 Å². The van der Waals surface area contributed by atoms with Gasteiger partial charge < -0.3 is 14.5 Å². The number of carbonyl (C=O) groups is 2. The number of amides is 2. The Kier molecular flexibility index (Phi) is 6.39. The predicted molar refractivity (Wildman–Crippen MR) is 124 cm³/mol. The summed E-state index contributed by atoms with van der Waals surface area (Å²) in [6.07, 6.45) is 0. The highest BCUT2D eigenvalue weighted by molar-refractivity contribution is 6.42. The van der Waals surface area contributed by atoms with Crippen LogP contribution in [0.1, 0.15) is 17.4 Å². The zero-order valence-corrected chi connectivity index (χ0v) is 19.2. The van der Waals surface area contributed by atoms with Gasteiger partial charge in [-0.25, -0.2) is 4.68 Å². The van der Waals surface area contributed by atoms with Crippen molar-refractivity contribution in [1.29, 1.82) is 0 Å². The summed E-state index contributed by atoms with van der Waals surface area (Å²) >= 11 is 12.3. The zero-order chi connectivity index (χ0) is 22.8. The van der Waals surface area contributed by atoms with Crippen LogP contribution in [0.5, 0.6) is 5.75 Å². The lowest BCUT2D eigenvalue weighted by molar-refractivity contribution is -0.130. The molecule has 0 N–H and O–H groups in total. The number of nitrogens with zero attached hydrogens (tertiary/aromatic N) is 4. The van der Waals surface area contributed by atoms with Gasteiger partial charge in [-0.2, -0.15) is 5.10 Å². The number of hydrogen-bond donors (Lipinski definition) is 0. The first-order valence-corrected chi connectivity index (χ1v) is 10.9. The highest BCUT2D eigenvalue weighted by Crippen LogP contribution is 2.28. The second-order valence-corrected chi connectivity index (χ2v) is 8.27. The molecule has 2 amide bonds. The summed E-state index contributed by atoms with van der Waals surface area (Å²) in [5.41, 5.74) is 2.53. The van der Waals surface area contributed by atoms with E-state index >= 15 is 0 Å². The second-order valence-electron chi connectivity index (χ2n) is 7.45. The predicted octanol–water partition coefficient (Wildman–Crippen LogP) is 4.16. The largest absolute Gasteiger partial charge is 0.497 e. The van der Waals surface area contributed by atoms with Crippen LogP contribution in [0.15, 0.2) is 48.5 Å². The molecule has 0 saturated carbocycles. The van der Waals surface area contributed by atoms with Crippen molar-refractivity contribution in [2.45, 2.75) is 6.92 Å². The molecular formula is C23H22Cl2N4O3. The molecule has 0 unspecified atom stereocenters. The molecule has 32 heavy (non-hydrogen) atoms. The van der Waals surface area contributed by atoms with Crippen molar-refractivity contribution < 1.29 is 14.3 Å². The van der Waals surface area contributed by atoms with Crippen molar-refractivity contribution in [3.8, 4) is 22.7 Å². The van der Waals surface area contributed by atoms with E-state index < -0.39 is 0 Å². The van der Waals surface area contributed by atoms with Crippen molar-refractivity contribution >= 4 is 35.0 Å². The van der Waals surface area contributed by atoms with Crippen LogP contribution in [0, 0.1) is 0 Å². The van der Waals surface area contributed by atoms with E-state index in [-0.39, 0.29) is 11.8 Å². The molecule has 0 spiro atoms. The molecule has 2 aromatic carbocycles. The number of piperazine rings is 1. The number of benzene rings is 2. The van der Waals surface area contributed by atoms with Gasteiger partial charge in [-0.3, -0.25) is 9.59 Å². The van der Waals surface area contributed by atoms with Gasteiger partial charge in [0.25, 0.3) is 5.91 Å². The van der Waals surface area contributed by atoms with Crippen molar-refractivity contribution in [3.05, 3.63) is 64.3 Å². The lowest BCUT2D eigenvalue weighted by Gasteiger charge is -2.34. The Morgan fingerprint density at radius 3 is 2.16 bits per heavy atom. The molecule has 0 atom stereocenters. The highest BCUT2D eigenvalue weighted by Gasteiger charge is 2.27. The van der Waals surface area contributed by atoms with Gasteiger partial charge in [0.05, 0.1) is 28.5 Å². The van der Waals surface area contributed by atoms with Crippen molar-refractivity contribution in [1.82, 2.24) is 19.6 Å². The Bertz CT molecular complexity index is 1150. The minimum Gasteiger partial charge on any atom is -0.497 e. The average Bonchev–Trinajstić information content (AvgIpc) is 3.26. The van der Waals surface area contributed by atoms with Gasteiger partial charge in [0.1, 0.15) is 11.4 Å². The van der Waals surface area contributed by atoms with Crippen molar-refractivity contribution in [2.24, 2.45) is 0 Å². The molecule has 0 radical (unpaired) electrons. The molecule has 1 aliphatic rings. The maximum Gasteiger partial charge on any atom is 0.272 e. The zero-order valence-electron chi connectivity index (χ0n) is 17.7. The van der Waals surface area contributed by atoms with E-state index in [4.69, 9.17) is 33.0 Å². The molecule has 166 valence electrons. The lowest BCUT2D eigenvalue weighted by atomic mass is 10.1. The summed E-state index contributed by atoms with van der Waals surface area (Å²) in [5, 5.41) is 5.49.